The third kappa shape index (κ3) is 8.64. The molecule has 0 atom stereocenters. The first-order valence-corrected chi connectivity index (χ1v) is 10.2. The quantitative estimate of drug-likeness (QED) is 0.246. The molecule has 0 aliphatic heterocycles. The van der Waals surface area contributed by atoms with Crippen molar-refractivity contribution >= 4 is 30.0 Å². The summed E-state index contributed by atoms with van der Waals surface area (Å²) in [5, 5.41) is 0. The molecule has 0 aliphatic rings. The molecular formula is C27H22O9. The van der Waals surface area contributed by atoms with E-state index in [-0.39, 0.29) is 35.4 Å². The van der Waals surface area contributed by atoms with E-state index in [1.165, 1.54) is 36.4 Å². The van der Waals surface area contributed by atoms with Gasteiger partial charge in [0, 0.05) is 36.4 Å². The lowest BCUT2D eigenvalue weighted by atomic mass is 10.2. The molecule has 0 amide bonds. The van der Waals surface area contributed by atoms with Crippen molar-refractivity contribution in [3.63, 3.8) is 0 Å². The van der Waals surface area contributed by atoms with E-state index in [9.17, 15) is 19.2 Å². The Morgan fingerprint density at radius 1 is 0.611 bits per heavy atom. The number of ether oxygens (including phenoxy) is 5. The second kappa shape index (κ2) is 13.5. The Kier molecular flexibility index (Phi) is 10.2. The minimum absolute atomic E-state index is 0.000351. The molecule has 2 rings (SSSR count). The third-order valence-corrected chi connectivity index (χ3v) is 4.00. The first-order valence-electron chi connectivity index (χ1n) is 10.2. The molecule has 0 bridgehead atoms. The van der Waals surface area contributed by atoms with Gasteiger partial charge in [0.15, 0.2) is 11.5 Å². The number of hydrogen-bond donors (Lipinski definition) is 0. The van der Waals surface area contributed by atoms with Crippen molar-refractivity contribution < 1.29 is 42.9 Å². The van der Waals surface area contributed by atoms with E-state index in [0.717, 1.165) is 24.3 Å². The van der Waals surface area contributed by atoms with Crippen LogP contribution in [0.2, 0.25) is 0 Å². The number of hydrogen-bond acceptors (Lipinski definition) is 9. The van der Waals surface area contributed by atoms with Crippen molar-refractivity contribution in [3.8, 4) is 28.7 Å². The summed E-state index contributed by atoms with van der Waals surface area (Å²) in [4.78, 5) is 46.2. The zero-order chi connectivity index (χ0) is 26.5. The zero-order valence-corrected chi connectivity index (χ0v) is 19.1. The molecule has 0 saturated heterocycles. The van der Waals surface area contributed by atoms with Gasteiger partial charge in [0.05, 0.1) is 0 Å². The highest BCUT2D eigenvalue weighted by molar-refractivity contribution is 5.86. The lowest BCUT2D eigenvalue weighted by Crippen LogP contribution is -2.07. The minimum Gasteiger partial charge on any atom is -0.486 e. The standard InChI is InChI=1S/C27H22O9/c1-5-24(28)33-19-11-12-22(23(17-19)36-27(31)8-4)32-13-9-10-18-14-20(34-25(29)6-2)16-21(15-18)35-26(30)7-3/h5-12,14-17H,1-4,13H2. The summed E-state index contributed by atoms with van der Waals surface area (Å²) in [7, 11) is 0. The van der Waals surface area contributed by atoms with Crippen LogP contribution in [0.15, 0.2) is 93.1 Å². The fraction of sp³-hybridized carbons (Fsp3) is 0.0370. The highest BCUT2D eigenvalue weighted by Gasteiger charge is 2.12. The van der Waals surface area contributed by atoms with E-state index in [1.807, 2.05) is 0 Å². The average Bonchev–Trinajstić information content (AvgIpc) is 2.87. The van der Waals surface area contributed by atoms with Crippen molar-refractivity contribution in [2.75, 3.05) is 6.61 Å². The summed E-state index contributed by atoms with van der Waals surface area (Å²) < 4.78 is 26.1. The van der Waals surface area contributed by atoms with Gasteiger partial charge in [0.2, 0.25) is 0 Å². The second-order valence-electron chi connectivity index (χ2n) is 6.56. The van der Waals surface area contributed by atoms with Gasteiger partial charge in [-0.05, 0) is 35.9 Å². The molecule has 2 aromatic carbocycles. The molecule has 0 aromatic heterocycles. The molecule has 0 radical (unpaired) electrons. The van der Waals surface area contributed by atoms with Crippen LogP contribution >= 0.6 is 0 Å². The van der Waals surface area contributed by atoms with Crippen LogP contribution in [0.5, 0.6) is 28.7 Å². The van der Waals surface area contributed by atoms with Gasteiger partial charge in [-0.1, -0.05) is 32.4 Å². The molecule has 0 saturated carbocycles. The maximum absolute atomic E-state index is 11.7. The summed E-state index contributed by atoms with van der Waals surface area (Å²) in [6.45, 7) is 13.4. The van der Waals surface area contributed by atoms with Gasteiger partial charge in [-0.3, -0.25) is 0 Å². The zero-order valence-electron chi connectivity index (χ0n) is 19.1. The predicted octanol–water partition coefficient (Wildman–Crippen LogP) is 4.14. The van der Waals surface area contributed by atoms with Crippen LogP contribution < -0.4 is 23.7 Å². The van der Waals surface area contributed by atoms with Gasteiger partial charge in [-0.2, -0.15) is 0 Å². The van der Waals surface area contributed by atoms with Gasteiger partial charge in [-0.15, -0.1) is 0 Å². The normalized spacial score (nSPS) is 10.0. The van der Waals surface area contributed by atoms with Gasteiger partial charge >= 0.3 is 23.9 Å². The highest BCUT2D eigenvalue weighted by Crippen LogP contribution is 2.32. The van der Waals surface area contributed by atoms with Gasteiger partial charge < -0.3 is 23.7 Å². The molecule has 0 aliphatic carbocycles. The predicted molar refractivity (Wildman–Crippen MR) is 131 cm³/mol. The largest absolute Gasteiger partial charge is 0.486 e. The molecule has 9 nitrogen and oxygen atoms in total. The molecule has 0 spiro atoms. The molecule has 2 aromatic rings. The molecule has 0 N–H and O–H groups in total. The fourth-order valence-electron chi connectivity index (χ4n) is 2.50. The van der Waals surface area contributed by atoms with Gasteiger partial charge in [0.25, 0.3) is 0 Å². The van der Waals surface area contributed by atoms with Crippen molar-refractivity contribution in [2.45, 2.75) is 0 Å². The fourth-order valence-corrected chi connectivity index (χ4v) is 2.50. The van der Waals surface area contributed by atoms with Gasteiger partial charge in [-0.25, -0.2) is 19.2 Å². The number of carbonyl (C=O) groups excluding carboxylic acids is 4. The van der Waals surface area contributed by atoms with E-state index >= 15 is 0 Å². The van der Waals surface area contributed by atoms with Crippen LogP contribution in [0.1, 0.15) is 5.56 Å². The Hall–Kier alpha value is -5.18. The lowest BCUT2D eigenvalue weighted by molar-refractivity contribution is -0.130. The lowest BCUT2D eigenvalue weighted by Gasteiger charge is -2.11. The number of benzene rings is 2. The summed E-state index contributed by atoms with van der Waals surface area (Å²) >= 11 is 0. The second-order valence-corrected chi connectivity index (χ2v) is 6.56. The molecule has 9 heteroatoms. The first-order chi connectivity index (χ1) is 17.3. The maximum atomic E-state index is 11.7. The molecular weight excluding hydrogens is 468 g/mol. The monoisotopic (exact) mass is 490 g/mol. The molecule has 0 unspecified atom stereocenters. The van der Waals surface area contributed by atoms with Crippen LogP contribution in [0.3, 0.4) is 0 Å². The molecule has 36 heavy (non-hydrogen) atoms. The van der Waals surface area contributed by atoms with E-state index in [1.54, 1.807) is 12.2 Å². The molecule has 0 fully saturated rings. The molecule has 184 valence electrons. The number of rotatable bonds is 12. The summed E-state index contributed by atoms with van der Waals surface area (Å²) in [5.41, 5.74) is 0.518. The Morgan fingerprint density at radius 2 is 1.11 bits per heavy atom. The van der Waals surface area contributed by atoms with Gasteiger partial charge in [0.1, 0.15) is 23.9 Å². The van der Waals surface area contributed by atoms with Crippen LogP contribution in [-0.2, 0) is 19.2 Å². The summed E-state index contributed by atoms with van der Waals surface area (Å²) in [6, 6.07) is 8.63. The van der Waals surface area contributed by atoms with Crippen molar-refractivity contribution in [1.29, 1.82) is 0 Å². The van der Waals surface area contributed by atoms with E-state index in [4.69, 9.17) is 23.7 Å². The SMILES string of the molecule is C=CC(=O)Oc1cc(C=CCOc2ccc(OC(=O)C=C)cc2OC(=O)C=C)cc(OC(=O)C=C)c1. The highest BCUT2D eigenvalue weighted by atomic mass is 16.6. The summed E-state index contributed by atoms with van der Waals surface area (Å²) in [5.74, 6) is -2.27. The Labute approximate surface area is 207 Å². The van der Waals surface area contributed by atoms with Crippen LogP contribution in [-0.4, -0.2) is 30.5 Å². The molecule has 0 heterocycles. The van der Waals surface area contributed by atoms with Crippen molar-refractivity contribution in [3.05, 3.63) is 98.7 Å². The third-order valence-electron chi connectivity index (χ3n) is 4.00. The van der Waals surface area contributed by atoms with Crippen LogP contribution in [0.25, 0.3) is 6.08 Å². The van der Waals surface area contributed by atoms with Crippen LogP contribution in [0, 0.1) is 0 Å². The maximum Gasteiger partial charge on any atom is 0.335 e. The van der Waals surface area contributed by atoms with Crippen molar-refractivity contribution in [1.82, 2.24) is 0 Å². The smallest absolute Gasteiger partial charge is 0.335 e. The van der Waals surface area contributed by atoms with E-state index in [0.29, 0.717) is 5.56 Å². The number of carbonyl (C=O) groups is 4. The first kappa shape index (κ1) is 27.1. The van der Waals surface area contributed by atoms with Crippen molar-refractivity contribution in [2.24, 2.45) is 0 Å². The number of esters is 4. The minimum atomic E-state index is -0.741. The van der Waals surface area contributed by atoms with E-state index in [2.05, 4.69) is 26.3 Å². The summed E-state index contributed by atoms with van der Waals surface area (Å²) in [6.07, 6.45) is 7.17. The Bertz CT molecular complexity index is 1200. The average molecular weight is 490 g/mol. The Morgan fingerprint density at radius 3 is 1.64 bits per heavy atom. The van der Waals surface area contributed by atoms with Crippen LogP contribution in [0.4, 0.5) is 0 Å². The van der Waals surface area contributed by atoms with E-state index < -0.39 is 23.9 Å². The topological polar surface area (TPSA) is 114 Å². The Balaban J connectivity index is 2.21.